The molecule has 0 fully saturated rings. The van der Waals surface area contributed by atoms with E-state index in [1.807, 2.05) is 45.0 Å². The number of thiophene rings is 1. The molecule has 1 heterocycles. The summed E-state index contributed by atoms with van der Waals surface area (Å²) < 4.78 is 5.75. The SMILES string of the molecule is CC(C)[C@@H](C)NC(=O)COC(=O)CNC(=O)c1sc2ccccc2c1Cl. The predicted octanol–water partition coefficient (Wildman–Crippen LogP) is 2.99. The van der Waals surface area contributed by atoms with E-state index < -0.39 is 11.9 Å². The second kappa shape index (κ2) is 9.00. The standard InChI is InChI=1S/C18H21ClN2O4S/c1-10(2)11(3)21-14(22)9-25-15(23)8-20-18(24)17-16(19)12-6-4-5-7-13(12)26-17/h4-7,10-11H,8-9H2,1-3H3,(H,20,24)(H,21,22)/t11-/m1/s1. The number of esters is 1. The van der Waals surface area contributed by atoms with Gasteiger partial charge in [0, 0.05) is 16.1 Å². The van der Waals surface area contributed by atoms with Crippen LogP contribution >= 0.6 is 22.9 Å². The predicted molar refractivity (Wildman–Crippen MR) is 103 cm³/mol. The summed E-state index contributed by atoms with van der Waals surface area (Å²) >= 11 is 7.48. The summed E-state index contributed by atoms with van der Waals surface area (Å²) in [5.74, 6) is -1.24. The first kappa shape index (κ1) is 20.2. The van der Waals surface area contributed by atoms with Gasteiger partial charge in [-0.3, -0.25) is 14.4 Å². The third kappa shape index (κ3) is 5.19. The van der Waals surface area contributed by atoms with Gasteiger partial charge in [0.25, 0.3) is 11.8 Å². The van der Waals surface area contributed by atoms with Crippen molar-refractivity contribution in [1.82, 2.24) is 10.6 Å². The Labute approximate surface area is 160 Å². The van der Waals surface area contributed by atoms with E-state index in [9.17, 15) is 14.4 Å². The van der Waals surface area contributed by atoms with Gasteiger partial charge < -0.3 is 15.4 Å². The summed E-state index contributed by atoms with van der Waals surface area (Å²) in [4.78, 5) is 36.0. The Hall–Kier alpha value is -2.12. The molecular formula is C18H21ClN2O4S. The zero-order valence-electron chi connectivity index (χ0n) is 14.8. The molecule has 2 amide bonds. The number of carbonyl (C=O) groups excluding carboxylic acids is 3. The van der Waals surface area contributed by atoms with Gasteiger partial charge in [0.05, 0.1) is 5.02 Å². The maximum absolute atomic E-state index is 12.2. The molecule has 0 unspecified atom stereocenters. The Balaban J connectivity index is 1.82. The normalized spacial score (nSPS) is 12.0. The molecule has 0 aliphatic rings. The van der Waals surface area contributed by atoms with Crippen LogP contribution in [0.4, 0.5) is 0 Å². The van der Waals surface area contributed by atoms with Crippen LogP contribution in [-0.4, -0.2) is 37.0 Å². The van der Waals surface area contributed by atoms with Crippen molar-refractivity contribution >= 4 is 50.8 Å². The van der Waals surface area contributed by atoms with E-state index in [4.69, 9.17) is 16.3 Å². The molecule has 0 aliphatic carbocycles. The van der Waals surface area contributed by atoms with Gasteiger partial charge in [0.2, 0.25) is 0 Å². The second-order valence-corrected chi connectivity index (χ2v) is 7.62. The largest absolute Gasteiger partial charge is 0.454 e. The highest BCUT2D eigenvalue weighted by atomic mass is 35.5. The quantitative estimate of drug-likeness (QED) is 0.704. The van der Waals surface area contributed by atoms with Crippen molar-refractivity contribution in [3.05, 3.63) is 34.2 Å². The highest BCUT2D eigenvalue weighted by Gasteiger charge is 2.18. The van der Waals surface area contributed by atoms with Gasteiger partial charge in [-0.15, -0.1) is 11.3 Å². The minimum absolute atomic E-state index is 0.0176. The van der Waals surface area contributed by atoms with E-state index in [0.29, 0.717) is 9.90 Å². The summed E-state index contributed by atoms with van der Waals surface area (Å²) in [6.07, 6.45) is 0. The zero-order chi connectivity index (χ0) is 19.3. The van der Waals surface area contributed by atoms with E-state index in [0.717, 1.165) is 10.1 Å². The maximum atomic E-state index is 12.2. The minimum atomic E-state index is -0.692. The number of amides is 2. The van der Waals surface area contributed by atoms with Crippen molar-refractivity contribution in [2.45, 2.75) is 26.8 Å². The van der Waals surface area contributed by atoms with Gasteiger partial charge in [-0.1, -0.05) is 43.6 Å². The van der Waals surface area contributed by atoms with Gasteiger partial charge in [-0.25, -0.2) is 0 Å². The molecule has 8 heteroatoms. The van der Waals surface area contributed by atoms with Crippen LogP contribution in [0.3, 0.4) is 0 Å². The molecule has 0 spiro atoms. The average molecular weight is 397 g/mol. The molecule has 6 nitrogen and oxygen atoms in total. The molecule has 1 aromatic heterocycles. The molecule has 0 saturated heterocycles. The molecule has 140 valence electrons. The highest BCUT2D eigenvalue weighted by molar-refractivity contribution is 7.21. The first-order valence-electron chi connectivity index (χ1n) is 8.19. The fourth-order valence-corrected chi connectivity index (χ4v) is 3.49. The molecule has 0 saturated carbocycles. The molecule has 1 atom stereocenters. The lowest BCUT2D eigenvalue weighted by molar-refractivity contribution is -0.147. The lowest BCUT2D eigenvalue weighted by atomic mass is 10.1. The maximum Gasteiger partial charge on any atom is 0.325 e. The molecule has 2 aromatic rings. The van der Waals surface area contributed by atoms with Crippen LogP contribution in [0.25, 0.3) is 10.1 Å². The Morgan fingerprint density at radius 2 is 1.88 bits per heavy atom. The summed E-state index contributed by atoms with van der Waals surface area (Å²) in [7, 11) is 0. The molecular weight excluding hydrogens is 376 g/mol. The van der Waals surface area contributed by atoms with E-state index >= 15 is 0 Å². The van der Waals surface area contributed by atoms with Crippen molar-refractivity contribution in [2.75, 3.05) is 13.2 Å². The van der Waals surface area contributed by atoms with Crippen LogP contribution in [0.5, 0.6) is 0 Å². The number of ether oxygens (including phenoxy) is 1. The molecule has 2 rings (SSSR count). The van der Waals surface area contributed by atoms with Crippen LogP contribution in [0.2, 0.25) is 5.02 Å². The molecule has 0 radical (unpaired) electrons. The number of fused-ring (bicyclic) bond motifs is 1. The van der Waals surface area contributed by atoms with Gasteiger partial charge in [0.15, 0.2) is 6.61 Å². The third-order valence-corrected chi connectivity index (χ3v) is 5.56. The molecule has 0 bridgehead atoms. The lowest BCUT2D eigenvalue weighted by Crippen LogP contribution is -2.39. The number of nitrogens with one attached hydrogen (secondary N) is 2. The van der Waals surface area contributed by atoms with Crippen LogP contribution in [0.15, 0.2) is 24.3 Å². The fourth-order valence-electron chi connectivity index (χ4n) is 2.05. The first-order valence-corrected chi connectivity index (χ1v) is 9.39. The Morgan fingerprint density at radius 1 is 1.19 bits per heavy atom. The average Bonchev–Trinajstić information content (AvgIpc) is 2.95. The van der Waals surface area contributed by atoms with Gasteiger partial charge in [0.1, 0.15) is 11.4 Å². The van der Waals surface area contributed by atoms with Crippen LogP contribution < -0.4 is 10.6 Å². The number of rotatable bonds is 7. The summed E-state index contributed by atoms with van der Waals surface area (Å²) in [5, 5.41) is 6.35. The minimum Gasteiger partial charge on any atom is -0.454 e. The number of benzene rings is 1. The van der Waals surface area contributed by atoms with Crippen LogP contribution in [0, 0.1) is 5.92 Å². The number of halogens is 1. The third-order valence-electron chi connectivity index (χ3n) is 3.89. The first-order chi connectivity index (χ1) is 12.3. The Kier molecular flexibility index (Phi) is 6.99. The highest BCUT2D eigenvalue weighted by Crippen LogP contribution is 2.34. The van der Waals surface area contributed by atoms with Crippen molar-refractivity contribution in [2.24, 2.45) is 5.92 Å². The summed E-state index contributed by atoms with van der Waals surface area (Å²) in [5.41, 5.74) is 0. The van der Waals surface area contributed by atoms with Crippen molar-refractivity contribution < 1.29 is 19.1 Å². The van der Waals surface area contributed by atoms with Gasteiger partial charge >= 0.3 is 5.97 Å². The van der Waals surface area contributed by atoms with Gasteiger partial charge in [-0.2, -0.15) is 0 Å². The molecule has 0 aliphatic heterocycles. The number of carbonyl (C=O) groups is 3. The summed E-state index contributed by atoms with van der Waals surface area (Å²) in [6.45, 7) is 5.11. The van der Waals surface area contributed by atoms with E-state index in [2.05, 4.69) is 10.6 Å². The van der Waals surface area contributed by atoms with Crippen LogP contribution in [0.1, 0.15) is 30.4 Å². The summed E-state index contributed by atoms with van der Waals surface area (Å²) in [6, 6.07) is 7.38. The monoisotopic (exact) mass is 396 g/mol. The Bertz CT molecular complexity index is 819. The topological polar surface area (TPSA) is 84.5 Å². The van der Waals surface area contributed by atoms with Gasteiger partial charge in [-0.05, 0) is 18.9 Å². The van der Waals surface area contributed by atoms with Crippen molar-refractivity contribution in [1.29, 1.82) is 0 Å². The van der Waals surface area contributed by atoms with Crippen molar-refractivity contribution in [3.8, 4) is 0 Å². The second-order valence-electron chi connectivity index (χ2n) is 6.18. The Morgan fingerprint density at radius 3 is 2.54 bits per heavy atom. The van der Waals surface area contributed by atoms with Crippen molar-refractivity contribution in [3.63, 3.8) is 0 Å². The van der Waals surface area contributed by atoms with E-state index in [1.165, 1.54) is 11.3 Å². The van der Waals surface area contributed by atoms with E-state index in [-0.39, 0.29) is 31.0 Å². The number of hydrogen-bond acceptors (Lipinski definition) is 5. The molecule has 2 N–H and O–H groups in total. The van der Waals surface area contributed by atoms with Crippen LogP contribution in [-0.2, 0) is 14.3 Å². The fraction of sp³-hybridized carbons (Fsp3) is 0.389. The molecule has 1 aromatic carbocycles. The smallest absolute Gasteiger partial charge is 0.325 e. The van der Waals surface area contributed by atoms with E-state index in [1.54, 1.807) is 0 Å². The lowest BCUT2D eigenvalue weighted by Gasteiger charge is -2.17. The zero-order valence-corrected chi connectivity index (χ0v) is 16.4. The molecule has 26 heavy (non-hydrogen) atoms. The number of hydrogen-bond donors (Lipinski definition) is 2.